The van der Waals surface area contributed by atoms with E-state index >= 15 is 0 Å². The first kappa shape index (κ1) is 16.5. The number of rotatable bonds is 3. The summed E-state index contributed by atoms with van der Waals surface area (Å²) in [5.74, 6) is 0.286. The highest BCUT2D eigenvalue weighted by molar-refractivity contribution is 5.42. The van der Waals surface area contributed by atoms with Crippen LogP contribution in [0.15, 0.2) is 18.2 Å². The zero-order valence-electron chi connectivity index (χ0n) is 13.0. The van der Waals surface area contributed by atoms with Gasteiger partial charge in [-0.3, -0.25) is 0 Å². The molecule has 0 bridgehead atoms. The number of likely N-dealkylation sites (tertiary alicyclic amines) is 1. The van der Waals surface area contributed by atoms with Crippen molar-refractivity contribution in [3.8, 4) is 0 Å². The Bertz CT molecular complexity index is 546. The quantitative estimate of drug-likeness (QED) is 0.925. The predicted molar refractivity (Wildman–Crippen MR) is 81.3 cm³/mol. The molecular formula is C16H22F3N3O. The van der Waals surface area contributed by atoms with Crippen LogP contribution in [0.5, 0.6) is 0 Å². The van der Waals surface area contributed by atoms with Crippen molar-refractivity contribution in [2.45, 2.75) is 37.5 Å². The van der Waals surface area contributed by atoms with Crippen molar-refractivity contribution in [2.24, 2.45) is 0 Å². The van der Waals surface area contributed by atoms with Crippen LogP contribution in [-0.4, -0.2) is 53.3 Å². The summed E-state index contributed by atoms with van der Waals surface area (Å²) in [6, 6.07) is 3.91. The van der Waals surface area contributed by atoms with Gasteiger partial charge in [0.1, 0.15) is 11.5 Å². The molecule has 2 aliphatic heterocycles. The maximum absolute atomic E-state index is 12.8. The second-order valence-corrected chi connectivity index (χ2v) is 6.61. The Kier molecular flexibility index (Phi) is 4.51. The molecule has 23 heavy (non-hydrogen) atoms. The number of nitrogens with zero attached hydrogens (tertiary/aromatic N) is 3. The molecule has 2 aliphatic rings. The van der Waals surface area contributed by atoms with Crippen molar-refractivity contribution in [3.63, 3.8) is 0 Å². The van der Waals surface area contributed by atoms with Crippen LogP contribution in [0.4, 0.5) is 19.0 Å². The molecule has 1 atom stereocenters. The van der Waals surface area contributed by atoms with E-state index in [9.17, 15) is 18.3 Å². The Hall–Kier alpha value is -1.34. The average Bonchev–Trinajstić information content (AvgIpc) is 2.90. The molecular weight excluding hydrogens is 307 g/mol. The molecule has 7 heteroatoms. The van der Waals surface area contributed by atoms with Crippen LogP contribution in [-0.2, 0) is 6.18 Å². The number of halogens is 3. The molecule has 3 rings (SSSR count). The lowest BCUT2D eigenvalue weighted by molar-refractivity contribution is -0.141. The highest BCUT2D eigenvalue weighted by Crippen LogP contribution is 2.31. The first-order chi connectivity index (χ1) is 10.9. The van der Waals surface area contributed by atoms with E-state index in [1.165, 1.54) is 12.5 Å². The summed E-state index contributed by atoms with van der Waals surface area (Å²) in [4.78, 5) is 7.72. The molecule has 2 fully saturated rings. The van der Waals surface area contributed by atoms with Crippen LogP contribution in [0, 0.1) is 0 Å². The smallest absolute Gasteiger partial charge is 0.387 e. The number of aromatic nitrogens is 1. The lowest BCUT2D eigenvalue weighted by atomic mass is 10.0. The van der Waals surface area contributed by atoms with Gasteiger partial charge in [0.2, 0.25) is 0 Å². The van der Waals surface area contributed by atoms with Gasteiger partial charge in [0.05, 0.1) is 5.60 Å². The van der Waals surface area contributed by atoms with Crippen LogP contribution in [0.25, 0.3) is 0 Å². The number of aliphatic hydroxyl groups is 1. The molecule has 0 spiro atoms. The minimum atomic E-state index is -4.44. The fourth-order valence-electron chi connectivity index (χ4n) is 3.47. The van der Waals surface area contributed by atoms with Crippen molar-refractivity contribution in [3.05, 3.63) is 23.9 Å². The molecule has 1 aromatic heterocycles. The zero-order valence-corrected chi connectivity index (χ0v) is 13.0. The van der Waals surface area contributed by atoms with E-state index in [4.69, 9.17) is 0 Å². The summed E-state index contributed by atoms with van der Waals surface area (Å²) in [6.07, 6.45) is -0.361. The third-order valence-electron chi connectivity index (χ3n) is 4.65. The van der Waals surface area contributed by atoms with Crippen molar-refractivity contribution in [1.82, 2.24) is 9.88 Å². The van der Waals surface area contributed by atoms with Gasteiger partial charge in [0.15, 0.2) is 0 Å². The van der Waals surface area contributed by atoms with E-state index in [0.717, 1.165) is 32.0 Å². The molecule has 0 unspecified atom stereocenters. The van der Waals surface area contributed by atoms with E-state index < -0.39 is 17.5 Å². The lowest BCUT2D eigenvalue weighted by Gasteiger charge is -2.33. The van der Waals surface area contributed by atoms with Gasteiger partial charge in [0, 0.05) is 19.6 Å². The van der Waals surface area contributed by atoms with Crippen LogP contribution < -0.4 is 4.90 Å². The van der Waals surface area contributed by atoms with E-state index in [0.29, 0.717) is 26.1 Å². The number of pyridine rings is 1. The summed E-state index contributed by atoms with van der Waals surface area (Å²) in [5, 5.41) is 10.8. The van der Waals surface area contributed by atoms with Gasteiger partial charge < -0.3 is 14.9 Å². The van der Waals surface area contributed by atoms with Gasteiger partial charge >= 0.3 is 6.18 Å². The van der Waals surface area contributed by atoms with Gasteiger partial charge in [-0.2, -0.15) is 13.2 Å². The maximum Gasteiger partial charge on any atom is 0.433 e. The number of piperidine rings is 1. The van der Waals surface area contributed by atoms with Gasteiger partial charge in [-0.05, 0) is 44.5 Å². The number of anilines is 1. The van der Waals surface area contributed by atoms with Crippen molar-refractivity contribution >= 4 is 5.82 Å². The minimum Gasteiger partial charge on any atom is -0.387 e. The molecule has 0 saturated carbocycles. The summed E-state index contributed by atoms with van der Waals surface area (Å²) in [7, 11) is 0. The van der Waals surface area contributed by atoms with Crippen molar-refractivity contribution in [2.75, 3.05) is 37.6 Å². The summed E-state index contributed by atoms with van der Waals surface area (Å²) in [5.41, 5.74) is -1.76. The molecule has 0 amide bonds. The Morgan fingerprint density at radius 2 is 1.87 bits per heavy atom. The van der Waals surface area contributed by atoms with E-state index in [2.05, 4.69) is 9.88 Å². The highest BCUT2D eigenvalue weighted by atomic mass is 19.4. The van der Waals surface area contributed by atoms with Crippen LogP contribution in [0.2, 0.25) is 0 Å². The largest absolute Gasteiger partial charge is 0.433 e. The molecule has 1 aromatic rings. The predicted octanol–water partition coefficient (Wildman–Crippen LogP) is 2.53. The van der Waals surface area contributed by atoms with Gasteiger partial charge in [-0.25, -0.2) is 4.98 Å². The second-order valence-electron chi connectivity index (χ2n) is 6.61. The Labute approximate surface area is 133 Å². The van der Waals surface area contributed by atoms with Gasteiger partial charge in [0.25, 0.3) is 0 Å². The van der Waals surface area contributed by atoms with E-state index in [1.807, 2.05) is 0 Å². The maximum atomic E-state index is 12.8. The SMILES string of the molecule is O[C@]1(CN2CCCCC2)CCN(c2cccc(C(F)(F)F)n2)C1. The van der Waals surface area contributed by atoms with Gasteiger partial charge in [-0.1, -0.05) is 12.5 Å². The van der Waals surface area contributed by atoms with E-state index in [-0.39, 0.29) is 5.82 Å². The van der Waals surface area contributed by atoms with Crippen LogP contribution in [0.3, 0.4) is 0 Å². The Morgan fingerprint density at radius 3 is 2.57 bits per heavy atom. The number of hydrogen-bond donors (Lipinski definition) is 1. The Balaban J connectivity index is 1.67. The van der Waals surface area contributed by atoms with Crippen molar-refractivity contribution in [1.29, 1.82) is 0 Å². The molecule has 1 N–H and O–H groups in total. The molecule has 0 aliphatic carbocycles. The second kappa shape index (κ2) is 6.28. The topological polar surface area (TPSA) is 39.6 Å². The molecule has 3 heterocycles. The number of β-amino-alcohol motifs (C(OH)–C–C–N with tert-alkyl or cyclic N) is 1. The standard InChI is InChI=1S/C16H22F3N3O/c17-16(18,19)13-5-4-6-14(20-13)22-10-7-15(23,12-22)11-21-8-2-1-3-9-21/h4-6,23H,1-3,7-12H2/t15-/m0/s1. The molecule has 0 aromatic carbocycles. The molecule has 2 saturated heterocycles. The summed E-state index contributed by atoms with van der Waals surface area (Å²) >= 11 is 0. The lowest BCUT2D eigenvalue weighted by Crippen LogP contribution is -2.46. The average molecular weight is 329 g/mol. The first-order valence-corrected chi connectivity index (χ1v) is 8.10. The Morgan fingerprint density at radius 1 is 1.13 bits per heavy atom. The third kappa shape index (κ3) is 3.95. The van der Waals surface area contributed by atoms with Crippen LogP contribution >= 0.6 is 0 Å². The zero-order chi connectivity index (χ0) is 16.5. The monoisotopic (exact) mass is 329 g/mol. The highest BCUT2D eigenvalue weighted by Gasteiger charge is 2.39. The first-order valence-electron chi connectivity index (χ1n) is 8.10. The molecule has 0 radical (unpaired) electrons. The van der Waals surface area contributed by atoms with E-state index in [1.54, 1.807) is 11.0 Å². The molecule has 128 valence electrons. The number of hydrogen-bond acceptors (Lipinski definition) is 4. The fraction of sp³-hybridized carbons (Fsp3) is 0.688. The summed E-state index contributed by atoms with van der Waals surface area (Å²) in [6.45, 7) is 3.42. The minimum absolute atomic E-state index is 0.286. The van der Waals surface area contributed by atoms with Crippen molar-refractivity contribution < 1.29 is 18.3 Å². The number of alkyl halides is 3. The normalized spacial score (nSPS) is 26.7. The fourth-order valence-corrected chi connectivity index (χ4v) is 3.47. The summed E-state index contributed by atoms with van der Waals surface area (Å²) < 4.78 is 38.3. The van der Waals surface area contributed by atoms with Gasteiger partial charge in [-0.15, -0.1) is 0 Å². The third-order valence-corrected chi connectivity index (χ3v) is 4.65. The van der Waals surface area contributed by atoms with Crippen LogP contribution in [0.1, 0.15) is 31.4 Å². The molecule has 4 nitrogen and oxygen atoms in total.